The van der Waals surface area contributed by atoms with Crippen LogP contribution in [0.5, 0.6) is 11.5 Å². The van der Waals surface area contributed by atoms with Crippen molar-refractivity contribution >= 4 is 34.5 Å². The number of aromatic nitrogens is 1. The van der Waals surface area contributed by atoms with E-state index in [1.165, 1.54) is 0 Å². The normalized spacial score (nSPS) is 10.4. The molecule has 1 heterocycles. The Bertz CT molecular complexity index is 1140. The standard InChI is InChI=1S/C22H23N3O5S/c1-4-29-17-12-16(25-21(27)19-13(3)23-22(28)31-19)18(30-5-2)11-15(17)24-20(26)14-9-7-6-8-10-14/h6-12H,4-5H2,1-3H3,(H,23,28)(H,24,26)(H,25,27). The Balaban J connectivity index is 1.95. The lowest BCUT2D eigenvalue weighted by atomic mass is 10.2. The van der Waals surface area contributed by atoms with Gasteiger partial charge in [-0.15, -0.1) is 0 Å². The maximum atomic E-state index is 12.7. The van der Waals surface area contributed by atoms with Gasteiger partial charge < -0.3 is 25.1 Å². The molecule has 0 atom stereocenters. The molecule has 0 fully saturated rings. The van der Waals surface area contributed by atoms with Crippen LogP contribution in [-0.4, -0.2) is 30.0 Å². The third-order valence-electron chi connectivity index (χ3n) is 4.24. The first-order valence-electron chi connectivity index (χ1n) is 9.74. The van der Waals surface area contributed by atoms with Gasteiger partial charge in [-0.3, -0.25) is 14.4 Å². The van der Waals surface area contributed by atoms with E-state index in [9.17, 15) is 14.4 Å². The van der Waals surface area contributed by atoms with E-state index in [0.29, 0.717) is 47.3 Å². The van der Waals surface area contributed by atoms with Crippen LogP contribution in [0.3, 0.4) is 0 Å². The van der Waals surface area contributed by atoms with Gasteiger partial charge in [0.25, 0.3) is 11.8 Å². The number of nitrogens with one attached hydrogen (secondary N) is 3. The van der Waals surface area contributed by atoms with E-state index in [1.54, 1.807) is 43.3 Å². The third kappa shape index (κ3) is 5.32. The van der Waals surface area contributed by atoms with Crippen molar-refractivity contribution in [2.45, 2.75) is 20.8 Å². The third-order valence-corrected chi connectivity index (χ3v) is 5.23. The number of aryl methyl sites for hydroxylation is 1. The number of benzene rings is 2. The molecule has 31 heavy (non-hydrogen) atoms. The van der Waals surface area contributed by atoms with Crippen LogP contribution in [0.2, 0.25) is 0 Å². The summed E-state index contributed by atoms with van der Waals surface area (Å²) in [6.07, 6.45) is 0. The molecule has 0 radical (unpaired) electrons. The van der Waals surface area contributed by atoms with Crippen LogP contribution in [0.25, 0.3) is 0 Å². The number of thiazole rings is 1. The van der Waals surface area contributed by atoms with Crippen molar-refractivity contribution in [3.63, 3.8) is 0 Å². The van der Waals surface area contributed by atoms with Crippen LogP contribution in [0, 0.1) is 6.92 Å². The van der Waals surface area contributed by atoms with Gasteiger partial charge in [0.05, 0.1) is 24.6 Å². The number of ether oxygens (including phenoxy) is 2. The van der Waals surface area contributed by atoms with Gasteiger partial charge >= 0.3 is 4.87 Å². The summed E-state index contributed by atoms with van der Waals surface area (Å²) in [5.74, 6) is 0.00606. The SMILES string of the molecule is CCOc1cc(NC(=O)c2sc(=O)[nH]c2C)c(OCC)cc1NC(=O)c1ccccc1. The molecular formula is C22H23N3O5S. The first kappa shape index (κ1) is 22.1. The van der Waals surface area contributed by atoms with Gasteiger partial charge in [-0.1, -0.05) is 29.5 Å². The average Bonchev–Trinajstić information content (AvgIpc) is 3.10. The molecular weight excluding hydrogens is 418 g/mol. The first-order valence-corrected chi connectivity index (χ1v) is 10.6. The van der Waals surface area contributed by atoms with Crippen molar-refractivity contribution in [1.82, 2.24) is 4.98 Å². The molecule has 3 aromatic rings. The number of hydrogen-bond acceptors (Lipinski definition) is 6. The minimum absolute atomic E-state index is 0.284. The van der Waals surface area contributed by atoms with E-state index in [-0.39, 0.29) is 15.7 Å². The highest BCUT2D eigenvalue weighted by molar-refractivity contribution is 7.11. The number of hydrogen-bond donors (Lipinski definition) is 3. The number of carbonyl (C=O) groups excluding carboxylic acids is 2. The number of carbonyl (C=O) groups is 2. The Morgan fingerprint density at radius 1 is 0.935 bits per heavy atom. The molecule has 0 saturated heterocycles. The summed E-state index contributed by atoms with van der Waals surface area (Å²) in [7, 11) is 0. The maximum Gasteiger partial charge on any atom is 0.305 e. The summed E-state index contributed by atoms with van der Waals surface area (Å²) in [5.41, 5.74) is 1.77. The number of aromatic amines is 1. The van der Waals surface area contributed by atoms with Crippen LogP contribution < -0.4 is 25.0 Å². The molecule has 2 aromatic carbocycles. The fraction of sp³-hybridized carbons (Fsp3) is 0.227. The molecule has 0 aliphatic rings. The van der Waals surface area contributed by atoms with Crippen LogP contribution in [-0.2, 0) is 0 Å². The molecule has 0 aliphatic heterocycles. The van der Waals surface area contributed by atoms with Gasteiger partial charge in [-0.2, -0.15) is 0 Å². The molecule has 3 N–H and O–H groups in total. The fourth-order valence-corrected chi connectivity index (χ4v) is 3.63. The maximum absolute atomic E-state index is 12.7. The van der Waals surface area contributed by atoms with Gasteiger partial charge in [-0.05, 0) is 32.9 Å². The van der Waals surface area contributed by atoms with Gasteiger partial charge in [-0.25, -0.2) is 0 Å². The van der Waals surface area contributed by atoms with Gasteiger partial charge in [0.1, 0.15) is 16.4 Å². The number of anilines is 2. The molecule has 3 rings (SSSR count). The molecule has 0 bridgehead atoms. The molecule has 1 aromatic heterocycles. The van der Waals surface area contributed by atoms with E-state index in [1.807, 2.05) is 19.9 Å². The van der Waals surface area contributed by atoms with Crippen molar-refractivity contribution in [2.75, 3.05) is 23.8 Å². The van der Waals surface area contributed by atoms with Crippen molar-refractivity contribution < 1.29 is 19.1 Å². The van der Waals surface area contributed by atoms with Crippen LogP contribution in [0.4, 0.5) is 11.4 Å². The fourth-order valence-electron chi connectivity index (χ4n) is 2.89. The molecule has 0 spiro atoms. The molecule has 0 unspecified atom stereocenters. The summed E-state index contributed by atoms with van der Waals surface area (Å²) < 4.78 is 11.4. The van der Waals surface area contributed by atoms with Gasteiger partial charge in [0, 0.05) is 23.4 Å². The smallest absolute Gasteiger partial charge is 0.305 e. The predicted molar refractivity (Wildman–Crippen MR) is 121 cm³/mol. The van der Waals surface area contributed by atoms with Crippen LogP contribution >= 0.6 is 11.3 Å². The lowest BCUT2D eigenvalue weighted by Crippen LogP contribution is -2.15. The second kappa shape index (κ2) is 9.94. The van der Waals surface area contributed by atoms with Crippen molar-refractivity contribution in [3.8, 4) is 11.5 Å². The van der Waals surface area contributed by atoms with Gasteiger partial charge in [0.2, 0.25) is 0 Å². The second-order valence-corrected chi connectivity index (χ2v) is 7.44. The van der Waals surface area contributed by atoms with E-state index >= 15 is 0 Å². The minimum Gasteiger partial charge on any atom is -0.492 e. The van der Waals surface area contributed by atoms with Crippen molar-refractivity contribution in [3.05, 3.63) is 68.3 Å². The number of H-pyrrole nitrogens is 1. The van der Waals surface area contributed by atoms with Crippen LogP contribution in [0.15, 0.2) is 47.3 Å². The largest absolute Gasteiger partial charge is 0.492 e. The lowest BCUT2D eigenvalue weighted by Gasteiger charge is -2.17. The van der Waals surface area contributed by atoms with Crippen LogP contribution in [0.1, 0.15) is 39.6 Å². The summed E-state index contributed by atoms with van der Waals surface area (Å²) in [6, 6.07) is 12.0. The monoisotopic (exact) mass is 441 g/mol. The Hall–Kier alpha value is -3.59. The molecule has 0 saturated carbocycles. The van der Waals surface area contributed by atoms with Crippen molar-refractivity contribution in [2.24, 2.45) is 0 Å². The zero-order chi connectivity index (χ0) is 22.4. The lowest BCUT2D eigenvalue weighted by molar-refractivity contribution is 0.101. The Morgan fingerprint density at radius 3 is 1.97 bits per heavy atom. The Kier molecular flexibility index (Phi) is 7.09. The second-order valence-electron chi connectivity index (χ2n) is 6.45. The molecule has 0 aliphatic carbocycles. The minimum atomic E-state index is -0.440. The number of rotatable bonds is 8. The summed E-state index contributed by atoms with van der Waals surface area (Å²) in [6.45, 7) is 5.99. The van der Waals surface area contributed by atoms with E-state index < -0.39 is 5.91 Å². The zero-order valence-corrected chi connectivity index (χ0v) is 18.2. The Labute approximate surface area is 183 Å². The average molecular weight is 442 g/mol. The van der Waals surface area contributed by atoms with E-state index in [0.717, 1.165) is 11.3 Å². The van der Waals surface area contributed by atoms with E-state index in [2.05, 4.69) is 15.6 Å². The Morgan fingerprint density at radius 2 is 1.48 bits per heavy atom. The predicted octanol–water partition coefficient (Wildman–Crippen LogP) is 4.05. The quantitative estimate of drug-likeness (QED) is 0.489. The van der Waals surface area contributed by atoms with Gasteiger partial charge in [0.15, 0.2) is 0 Å². The first-order chi connectivity index (χ1) is 14.9. The summed E-state index contributed by atoms with van der Waals surface area (Å²) in [5, 5.41) is 5.61. The van der Waals surface area contributed by atoms with E-state index in [4.69, 9.17) is 9.47 Å². The highest BCUT2D eigenvalue weighted by Gasteiger charge is 2.19. The highest BCUT2D eigenvalue weighted by atomic mass is 32.1. The summed E-state index contributed by atoms with van der Waals surface area (Å²) >= 11 is 0.832. The van der Waals surface area contributed by atoms with Crippen molar-refractivity contribution in [1.29, 1.82) is 0 Å². The summed E-state index contributed by atoms with van der Waals surface area (Å²) in [4.78, 5) is 39.4. The highest BCUT2D eigenvalue weighted by Crippen LogP contribution is 2.37. The topological polar surface area (TPSA) is 110 Å². The zero-order valence-electron chi connectivity index (χ0n) is 17.4. The molecule has 8 nitrogen and oxygen atoms in total. The number of amides is 2. The molecule has 162 valence electrons. The molecule has 2 amide bonds. The molecule has 9 heteroatoms.